The Morgan fingerprint density at radius 2 is 1.26 bits per heavy atom. The van der Waals surface area contributed by atoms with Crippen LogP contribution in [0.25, 0.3) is 0 Å². The lowest BCUT2D eigenvalue weighted by molar-refractivity contribution is -0.0121. The highest BCUT2D eigenvalue weighted by Gasteiger charge is 2.27. The first kappa shape index (κ1) is 26.4. The largest absolute Gasteiger partial charge is 0.378 e. The summed E-state index contributed by atoms with van der Waals surface area (Å²) in [5, 5.41) is 0. The number of aromatic nitrogens is 3. The molecule has 0 bridgehead atoms. The van der Waals surface area contributed by atoms with Crippen molar-refractivity contribution >= 4 is 17.8 Å². The highest BCUT2D eigenvalue weighted by atomic mass is 16.5. The van der Waals surface area contributed by atoms with Crippen LogP contribution in [-0.2, 0) is 14.2 Å². The van der Waals surface area contributed by atoms with Gasteiger partial charge in [0, 0.05) is 39.3 Å². The maximum absolute atomic E-state index is 6.40. The van der Waals surface area contributed by atoms with E-state index in [2.05, 4.69) is 42.4 Å². The van der Waals surface area contributed by atoms with Crippen molar-refractivity contribution in [2.45, 2.75) is 65.9 Å². The van der Waals surface area contributed by atoms with Gasteiger partial charge in [0.15, 0.2) is 0 Å². The third kappa shape index (κ3) is 7.89. The van der Waals surface area contributed by atoms with Crippen LogP contribution in [0.15, 0.2) is 0 Å². The minimum absolute atomic E-state index is 0.236. The zero-order valence-corrected chi connectivity index (χ0v) is 22.4. The molecule has 3 fully saturated rings. The Hall–Kier alpha value is -1.71. The van der Waals surface area contributed by atoms with Gasteiger partial charge >= 0.3 is 0 Å². The molecule has 0 atom stereocenters. The van der Waals surface area contributed by atoms with Gasteiger partial charge in [-0.1, -0.05) is 40.5 Å². The summed E-state index contributed by atoms with van der Waals surface area (Å²) in [6.45, 7) is 18.1. The minimum Gasteiger partial charge on any atom is -0.378 e. The Balaban J connectivity index is 1.35. The fourth-order valence-electron chi connectivity index (χ4n) is 4.92. The van der Waals surface area contributed by atoms with E-state index in [0.717, 1.165) is 82.5 Å². The Bertz CT molecular complexity index is 736. The molecule has 0 N–H and O–H groups in total. The van der Waals surface area contributed by atoms with Crippen molar-refractivity contribution in [2.24, 2.45) is 11.3 Å². The van der Waals surface area contributed by atoms with E-state index in [1.54, 1.807) is 0 Å². The van der Waals surface area contributed by atoms with E-state index < -0.39 is 0 Å². The molecule has 1 aromatic rings. The van der Waals surface area contributed by atoms with Gasteiger partial charge in [0.2, 0.25) is 17.8 Å². The molecular formula is C26H46N6O3. The normalized spacial score (nSPS) is 20.7. The molecule has 0 saturated carbocycles. The molecule has 35 heavy (non-hydrogen) atoms. The van der Waals surface area contributed by atoms with Crippen molar-refractivity contribution in [1.82, 2.24) is 15.0 Å². The van der Waals surface area contributed by atoms with Crippen molar-refractivity contribution in [3.8, 4) is 0 Å². The van der Waals surface area contributed by atoms with Crippen LogP contribution in [0.5, 0.6) is 0 Å². The van der Waals surface area contributed by atoms with Gasteiger partial charge in [0.05, 0.1) is 39.1 Å². The summed E-state index contributed by atoms with van der Waals surface area (Å²) in [5.41, 5.74) is 0.236. The predicted octanol–water partition coefficient (Wildman–Crippen LogP) is 3.38. The number of hydrogen-bond donors (Lipinski definition) is 0. The first-order chi connectivity index (χ1) is 16.9. The molecule has 9 nitrogen and oxygen atoms in total. The van der Waals surface area contributed by atoms with Crippen molar-refractivity contribution in [3.05, 3.63) is 0 Å². The van der Waals surface area contributed by atoms with Crippen LogP contribution in [0.2, 0.25) is 0 Å². The Labute approximate surface area is 211 Å². The van der Waals surface area contributed by atoms with Crippen LogP contribution in [0.1, 0.15) is 59.8 Å². The van der Waals surface area contributed by atoms with Crippen LogP contribution in [-0.4, -0.2) is 93.4 Å². The number of nitrogens with zero attached hydrogens (tertiary/aromatic N) is 6. The molecule has 0 spiro atoms. The van der Waals surface area contributed by atoms with E-state index in [9.17, 15) is 0 Å². The van der Waals surface area contributed by atoms with Crippen LogP contribution in [0.4, 0.5) is 17.8 Å². The zero-order chi connectivity index (χ0) is 24.7. The summed E-state index contributed by atoms with van der Waals surface area (Å²) < 4.78 is 17.5. The molecule has 0 aliphatic carbocycles. The number of rotatable bonds is 10. The Morgan fingerprint density at radius 1 is 0.800 bits per heavy atom. The highest BCUT2D eigenvalue weighted by molar-refractivity contribution is 5.47. The number of ether oxygens (including phenoxy) is 3. The fourth-order valence-corrected chi connectivity index (χ4v) is 4.92. The highest BCUT2D eigenvalue weighted by Crippen LogP contribution is 2.28. The molecular weight excluding hydrogens is 444 g/mol. The molecule has 0 aromatic carbocycles. The van der Waals surface area contributed by atoms with Crippen molar-refractivity contribution < 1.29 is 14.2 Å². The number of anilines is 3. The number of piperidine rings is 1. The van der Waals surface area contributed by atoms with Gasteiger partial charge in [0.1, 0.15) is 0 Å². The molecule has 0 unspecified atom stereocenters. The molecule has 0 radical (unpaired) electrons. The van der Waals surface area contributed by atoms with Crippen LogP contribution in [0.3, 0.4) is 0 Å². The first-order valence-corrected chi connectivity index (χ1v) is 13.7. The average Bonchev–Trinajstić information content (AvgIpc) is 2.88. The second-order valence-corrected chi connectivity index (χ2v) is 11.4. The number of morpholine rings is 2. The number of hydrogen-bond acceptors (Lipinski definition) is 9. The van der Waals surface area contributed by atoms with Gasteiger partial charge in [0.25, 0.3) is 0 Å². The summed E-state index contributed by atoms with van der Waals surface area (Å²) >= 11 is 0. The van der Waals surface area contributed by atoms with E-state index in [1.165, 1.54) is 19.3 Å². The Morgan fingerprint density at radius 3 is 1.71 bits per heavy atom. The van der Waals surface area contributed by atoms with Gasteiger partial charge < -0.3 is 28.9 Å². The van der Waals surface area contributed by atoms with Crippen LogP contribution in [0, 0.1) is 11.3 Å². The minimum atomic E-state index is 0.236. The maximum Gasteiger partial charge on any atom is 0.232 e. The van der Waals surface area contributed by atoms with Crippen molar-refractivity contribution in [2.75, 3.05) is 87.0 Å². The van der Waals surface area contributed by atoms with E-state index >= 15 is 0 Å². The first-order valence-electron chi connectivity index (χ1n) is 13.7. The molecule has 3 saturated heterocycles. The summed E-state index contributed by atoms with van der Waals surface area (Å²) in [7, 11) is 0. The lowest BCUT2D eigenvalue weighted by Crippen LogP contribution is -2.42. The SMILES string of the molecule is CC(C)CCCC(C)(C)COC1CCN(c2nc(N3CCOCC3)nc(N3CCOCC3)n2)CC1. The van der Waals surface area contributed by atoms with Gasteiger partial charge in [-0.05, 0) is 30.6 Å². The third-order valence-electron chi connectivity index (χ3n) is 7.26. The zero-order valence-electron chi connectivity index (χ0n) is 22.4. The van der Waals surface area contributed by atoms with Crippen molar-refractivity contribution in [3.63, 3.8) is 0 Å². The van der Waals surface area contributed by atoms with Crippen molar-refractivity contribution in [1.29, 1.82) is 0 Å². The lowest BCUT2D eigenvalue weighted by atomic mass is 9.87. The van der Waals surface area contributed by atoms with Gasteiger partial charge in [-0.2, -0.15) is 15.0 Å². The molecule has 3 aliphatic heterocycles. The third-order valence-corrected chi connectivity index (χ3v) is 7.26. The summed E-state index contributed by atoms with van der Waals surface area (Å²) in [6, 6.07) is 0. The van der Waals surface area contributed by atoms with Gasteiger partial charge in [-0.15, -0.1) is 0 Å². The second kappa shape index (κ2) is 12.5. The average molecular weight is 491 g/mol. The maximum atomic E-state index is 6.40. The molecule has 4 heterocycles. The standard InChI is InChI=1S/C26H46N6O3/c1-21(2)6-5-9-26(3,4)20-35-22-7-10-30(11-8-22)23-27-24(31-12-16-33-17-13-31)29-25(28-23)32-14-18-34-19-15-32/h21-22H,5-20H2,1-4H3. The molecule has 4 rings (SSSR count). The summed E-state index contributed by atoms with van der Waals surface area (Å²) in [4.78, 5) is 21.4. The monoisotopic (exact) mass is 490 g/mol. The van der Waals surface area contributed by atoms with E-state index in [4.69, 9.17) is 29.2 Å². The smallest absolute Gasteiger partial charge is 0.232 e. The van der Waals surface area contributed by atoms with E-state index in [1.807, 2.05) is 0 Å². The fraction of sp³-hybridized carbons (Fsp3) is 0.885. The topological polar surface area (TPSA) is 76.1 Å². The van der Waals surface area contributed by atoms with E-state index in [-0.39, 0.29) is 5.41 Å². The summed E-state index contributed by atoms with van der Waals surface area (Å²) in [5.74, 6) is 3.09. The molecule has 9 heteroatoms. The molecule has 1 aromatic heterocycles. The Kier molecular flexibility index (Phi) is 9.41. The van der Waals surface area contributed by atoms with Gasteiger partial charge in [-0.25, -0.2) is 0 Å². The predicted molar refractivity (Wildman–Crippen MR) is 140 cm³/mol. The quantitative estimate of drug-likeness (QED) is 0.490. The molecule has 3 aliphatic rings. The second-order valence-electron chi connectivity index (χ2n) is 11.4. The van der Waals surface area contributed by atoms with Crippen LogP contribution < -0.4 is 14.7 Å². The molecule has 0 amide bonds. The lowest BCUT2D eigenvalue weighted by Gasteiger charge is -2.35. The van der Waals surface area contributed by atoms with E-state index in [0.29, 0.717) is 32.5 Å². The van der Waals surface area contributed by atoms with Gasteiger partial charge in [-0.3, -0.25) is 0 Å². The summed E-state index contributed by atoms with van der Waals surface area (Å²) in [6.07, 6.45) is 6.13. The van der Waals surface area contributed by atoms with Crippen LogP contribution >= 0.6 is 0 Å². The molecule has 198 valence electrons.